The molecule has 0 fully saturated rings. The Morgan fingerprint density at radius 2 is 1.69 bits per heavy atom. The largest absolute Gasteiger partial charge is 0.312 e. The number of nitrogens with zero attached hydrogens (tertiary/aromatic N) is 1. The van der Waals surface area contributed by atoms with E-state index in [4.69, 9.17) is 0 Å². The van der Waals surface area contributed by atoms with E-state index in [2.05, 4.69) is 58.8 Å². The first-order chi connectivity index (χ1) is 7.28. The number of rotatable bonds is 7. The Hall–Kier alpha value is -0.0800. The molecule has 0 saturated carbocycles. The SMILES string of the molecule is CCC(C)N(C)C(C)CCCNC(C)(C)C. The van der Waals surface area contributed by atoms with E-state index in [1.165, 1.54) is 19.3 Å². The van der Waals surface area contributed by atoms with Crippen molar-refractivity contribution in [1.29, 1.82) is 0 Å². The minimum Gasteiger partial charge on any atom is -0.312 e. The lowest BCUT2D eigenvalue weighted by atomic mass is 10.1. The van der Waals surface area contributed by atoms with Crippen LogP contribution in [0.2, 0.25) is 0 Å². The molecule has 98 valence electrons. The van der Waals surface area contributed by atoms with Crippen LogP contribution in [0.5, 0.6) is 0 Å². The van der Waals surface area contributed by atoms with Gasteiger partial charge in [0.2, 0.25) is 0 Å². The van der Waals surface area contributed by atoms with Crippen LogP contribution >= 0.6 is 0 Å². The van der Waals surface area contributed by atoms with Gasteiger partial charge < -0.3 is 10.2 Å². The Morgan fingerprint density at radius 1 is 1.12 bits per heavy atom. The number of hydrogen-bond acceptors (Lipinski definition) is 2. The molecule has 0 aromatic carbocycles. The van der Waals surface area contributed by atoms with Crippen LogP contribution in [0.1, 0.15) is 60.8 Å². The molecular weight excluding hydrogens is 196 g/mol. The minimum absolute atomic E-state index is 0.256. The third kappa shape index (κ3) is 7.24. The van der Waals surface area contributed by atoms with Crippen LogP contribution in [0.4, 0.5) is 0 Å². The summed E-state index contributed by atoms with van der Waals surface area (Å²) < 4.78 is 0. The highest BCUT2D eigenvalue weighted by Crippen LogP contribution is 2.10. The average molecular weight is 228 g/mol. The molecule has 1 N–H and O–H groups in total. The molecule has 2 atom stereocenters. The highest BCUT2D eigenvalue weighted by atomic mass is 15.1. The fourth-order valence-corrected chi connectivity index (χ4v) is 1.79. The van der Waals surface area contributed by atoms with Gasteiger partial charge in [0.15, 0.2) is 0 Å². The van der Waals surface area contributed by atoms with Gasteiger partial charge in [0, 0.05) is 17.6 Å². The van der Waals surface area contributed by atoms with Crippen molar-refractivity contribution in [3.8, 4) is 0 Å². The standard InChI is InChI=1S/C14H32N2/c1-8-12(2)16(7)13(3)10-9-11-15-14(4,5)6/h12-13,15H,8-11H2,1-7H3. The first-order valence-corrected chi connectivity index (χ1v) is 6.75. The van der Waals surface area contributed by atoms with Crippen LogP contribution in [-0.4, -0.2) is 36.1 Å². The van der Waals surface area contributed by atoms with Crippen LogP contribution < -0.4 is 5.32 Å². The molecule has 0 aromatic heterocycles. The maximum atomic E-state index is 3.54. The summed E-state index contributed by atoms with van der Waals surface area (Å²) in [6.45, 7) is 14.7. The van der Waals surface area contributed by atoms with Gasteiger partial charge in [-0.2, -0.15) is 0 Å². The third-order valence-electron chi connectivity index (χ3n) is 3.44. The van der Waals surface area contributed by atoms with Crippen molar-refractivity contribution in [2.24, 2.45) is 0 Å². The van der Waals surface area contributed by atoms with Gasteiger partial charge in [0.25, 0.3) is 0 Å². The highest BCUT2D eigenvalue weighted by Gasteiger charge is 2.14. The summed E-state index contributed by atoms with van der Waals surface area (Å²) in [5.41, 5.74) is 0.256. The van der Waals surface area contributed by atoms with Crippen LogP contribution in [0.3, 0.4) is 0 Å². The number of nitrogens with one attached hydrogen (secondary N) is 1. The van der Waals surface area contributed by atoms with E-state index in [0.29, 0.717) is 12.1 Å². The molecule has 0 rings (SSSR count). The van der Waals surface area contributed by atoms with E-state index in [1.54, 1.807) is 0 Å². The topological polar surface area (TPSA) is 15.3 Å². The first kappa shape index (κ1) is 15.9. The van der Waals surface area contributed by atoms with Crippen LogP contribution in [0, 0.1) is 0 Å². The lowest BCUT2D eigenvalue weighted by Gasteiger charge is -2.30. The summed E-state index contributed by atoms with van der Waals surface area (Å²) >= 11 is 0. The monoisotopic (exact) mass is 228 g/mol. The molecule has 0 saturated heterocycles. The maximum absolute atomic E-state index is 3.54. The zero-order chi connectivity index (χ0) is 12.8. The molecule has 0 aliphatic rings. The molecule has 2 unspecified atom stereocenters. The fraction of sp³-hybridized carbons (Fsp3) is 1.00. The van der Waals surface area contributed by atoms with Crippen molar-refractivity contribution >= 4 is 0 Å². The van der Waals surface area contributed by atoms with E-state index in [0.717, 1.165) is 6.54 Å². The van der Waals surface area contributed by atoms with Gasteiger partial charge in [0.05, 0.1) is 0 Å². The molecule has 0 radical (unpaired) electrons. The highest BCUT2D eigenvalue weighted by molar-refractivity contribution is 4.72. The molecular formula is C14H32N2. The van der Waals surface area contributed by atoms with Crippen LogP contribution in [0.25, 0.3) is 0 Å². The first-order valence-electron chi connectivity index (χ1n) is 6.75. The second-order valence-electron chi connectivity index (χ2n) is 6.09. The summed E-state index contributed by atoms with van der Waals surface area (Å²) in [6, 6.07) is 1.39. The summed E-state index contributed by atoms with van der Waals surface area (Å²) in [7, 11) is 2.25. The Balaban J connectivity index is 3.69. The van der Waals surface area contributed by atoms with E-state index < -0.39 is 0 Å². The van der Waals surface area contributed by atoms with E-state index in [1.807, 2.05) is 0 Å². The van der Waals surface area contributed by atoms with Crippen LogP contribution in [-0.2, 0) is 0 Å². The van der Waals surface area contributed by atoms with Crippen molar-refractivity contribution in [2.45, 2.75) is 78.4 Å². The van der Waals surface area contributed by atoms with Gasteiger partial charge in [0.1, 0.15) is 0 Å². The lowest BCUT2D eigenvalue weighted by molar-refractivity contribution is 0.180. The average Bonchev–Trinajstić information content (AvgIpc) is 2.20. The summed E-state index contributed by atoms with van der Waals surface area (Å²) in [6.07, 6.45) is 3.78. The van der Waals surface area contributed by atoms with Gasteiger partial charge in [-0.25, -0.2) is 0 Å². The summed E-state index contributed by atoms with van der Waals surface area (Å²) in [4.78, 5) is 2.50. The maximum Gasteiger partial charge on any atom is 0.00965 e. The Morgan fingerprint density at radius 3 is 2.12 bits per heavy atom. The van der Waals surface area contributed by atoms with Crippen LogP contribution in [0.15, 0.2) is 0 Å². The summed E-state index contributed by atoms with van der Waals surface area (Å²) in [5, 5.41) is 3.54. The van der Waals surface area contributed by atoms with Gasteiger partial charge in [-0.15, -0.1) is 0 Å². The Kier molecular flexibility index (Phi) is 7.25. The molecule has 0 bridgehead atoms. The van der Waals surface area contributed by atoms with E-state index >= 15 is 0 Å². The second-order valence-corrected chi connectivity index (χ2v) is 6.09. The van der Waals surface area contributed by atoms with E-state index in [9.17, 15) is 0 Å². The smallest absolute Gasteiger partial charge is 0.00965 e. The predicted octanol–water partition coefficient (Wildman–Crippen LogP) is 3.27. The molecule has 0 amide bonds. The second kappa shape index (κ2) is 7.29. The van der Waals surface area contributed by atoms with Gasteiger partial charge in [-0.1, -0.05) is 6.92 Å². The van der Waals surface area contributed by atoms with Crippen molar-refractivity contribution in [3.63, 3.8) is 0 Å². The van der Waals surface area contributed by atoms with Gasteiger partial charge in [-0.3, -0.25) is 0 Å². The Labute approximate surface area is 103 Å². The fourth-order valence-electron chi connectivity index (χ4n) is 1.79. The lowest BCUT2D eigenvalue weighted by Crippen LogP contribution is -2.39. The van der Waals surface area contributed by atoms with E-state index in [-0.39, 0.29) is 5.54 Å². The van der Waals surface area contributed by atoms with Crippen molar-refractivity contribution < 1.29 is 0 Å². The molecule has 0 heterocycles. The Bertz CT molecular complexity index is 172. The zero-order valence-electron chi connectivity index (χ0n) is 12.4. The molecule has 0 aliphatic heterocycles. The quantitative estimate of drug-likeness (QED) is 0.673. The number of hydrogen-bond donors (Lipinski definition) is 1. The molecule has 0 aromatic rings. The molecule has 16 heavy (non-hydrogen) atoms. The van der Waals surface area contributed by atoms with Crippen molar-refractivity contribution in [3.05, 3.63) is 0 Å². The van der Waals surface area contributed by atoms with Crippen molar-refractivity contribution in [1.82, 2.24) is 10.2 Å². The zero-order valence-corrected chi connectivity index (χ0v) is 12.4. The molecule has 2 nitrogen and oxygen atoms in total. The molecule has 0 aliphatic carbocycles. The molecule has 0 spiro atoms. The normalized spacial score (nSPS) is 16.5. The summed E-state index contributed by atoms with van der Waals surface area (Å²) in [5.74, 6) is 0. The van der Waals surface area contributed by atoms with Gasteiger partial charge in [-0.05, 0) is 67.5 Å². The third-order valence-corrected chi connectivity index (χ3v) is 3.44. The van der Waals surface area contributed by atoms with Gasteiger partial charge >= 0.3 is 0 Å². The predicted molar refractivity (Wildman–Crippen MR) is 74.0 cm³/mol. The minimum atomic E-state index is 0.256. The van der Waals surface area contributed by atoms with Crippen molar-refractivity contribution in [2.75, 3.05) is 13.6 Å². The molecule has 2 heteroatoms.